The van der Waals surface area contributed by atoms with E-state index in [1.807, 2.05) is 27.7 Å². The van der Waals surface area contributed by atoms with Gasteiger partial charge in [-0.05, 0) is 54.6 Å². The molecule has 2 fully saturated rings. The summed E-state index contributed by atoms with van der Waals surface area (Å²) >= 11 is 0. The summed E-state index contributed by atoms with van der Waals surface area (Å²) in [4.78, 5) is 49.9. The number of fused-ring (bicyclic) bond motifs is 3. The minimum absolute atomic E-state index is 0.280. The highest BCUT2D eigenvalue weighted by atomic mass is 16.6. The Morgan fingerprint density at radius 1 is 0.923 bits per heavy atom. The minimum Gasteiger partial charge on any atom is -0.462 e. The van der Waals surface area contributed by atoms with E-state index in [9.17, 15) is 19.2 Å². The lowest BCUT2D eigenvalue weighted by atomic mass is 9.50. The summed E-state index contributed by atoms with van der Waals surface area (Å²) in [6.45, 7) is 18.8. The van der Waals surface area contributed by atoms with E-state index < -0.39 is 59.0 Å². The Balaban J connectivity index is 2.24. The smallest absolute Gasteiger partial charge is 0.306 e. The van der Waals surface area contributed by atoms with Crippen LogP contribution in [-0.4, -0.2) is 48.3 Å². The van der Waals surface area contributed by atoms with Crippen molar-refractivity contribution < 1.29 is 38.1 Å². The van der Waals surface area contributed by atoms with Crippen molar-refractivity contribution in [1.82, 2.24) is 0 Å². The summed E-state index contributed by atoms with van der Waals surface area (Å²) in [5.74, 6) is -2.36. The average Bonchev–Trinajstić information content (AvgIpc) is 2.77. The second-order valence-corrected chi connectivity index (χ2v) is 12.5. The normalized spacial score (nSPS) is 33.7. The molecular formula is C31H46O8. The Morgan fingerprint density at radius 2 is 1.51 bits per heavy atom. The zero-order chi connectivity index (χ0) is 29.3. The van der Waals surface area contributed by atoms with Gasteiger partial charge in [-0.2, -0.15) is 0 Å². The number of hydrogen-bond donors (Lipinski definition) is 0. The molecule has 7 atom stereocenters. The first-order valence-corrected chi connectivity index (χ1v) is 14.2. The van der Waals surface area contributed by atoms with Crippen LogP contribution in [0, 0.1) is 22.7 Å². The van der Waals surface area contributed by atoms with Gasteiger partial charge >= 0.3 is 23.9 Å². The Morgan fingerprint density at radius 3 is 2.08 bits per heavy atom. The van der Waals surface area contributed by atoms with E-state index in [-0.39, 0.29) is 11.9 Å². The third kappa shape index (κ3) is 6.41. The predicted octanol–water partition coefficient (Wildman–Crippen LogP) is 5.62. The molecule has 218 valence electrons. The largest absolute Gasteiger partial charge is 0.462 e. The van der Waals surface area contributed by atoms with Crippen molar-refractivity contribution in [2.75, 3.05) is 0 Å². The molecule has 0 aromatic rings. The Kier molecular flexibility index (Phi) is 9.39. The Labute approximate surface area is 232 Å². The lowest BCUT2D eigenvalue weighted by Gasteiger charge is -2.58. The molecule has 0 radical (unpaired) electrons. The number of rotatable bonds is 7. The zero-order valence-electron chi connectivity index (χ0n) is 24.9. The maximum atomic E-state index is 12.9. The summed E-state index contributed by atoms with van der Waals surface area (Å²) < 4.78 is 24.0. The van der Waals surface area contributed by atoms with Gasteiger partial charge in [-0.1, -0.05) is 46.3 Å². The molecule has 8 heteroatoms. The minimum atomic E-state index is -0.696. The van der Waals surface area contributed by atoms with Crippen molar-refractivity contribution in [2.24, 2.45) is 22.7 Å². The molecule has 0 unspecified atom stereocenters. The van der Waals surface area contributed by atoms with Gasteiger partial charge in [-0.25, -0.2) is 0 Å². The van der Waals surface area contributed by atoms with E-state index in [4.69, 9.17) is 18.9 Å². The molecule has 2 saturated carbocycles. The summed E-state index contributed by atoms with van der Waals surface area (Å²) in [5, 5.41) is 0. The van der Waals surface area contributed by atoms with Crippen molar-refractivity contribution in [3.05, 3.63) is 23.3 Å². The van der Waals surface area contributed by atoms with Gasteiger partial charge in [0.1, 0.15) is 24.4 Å². The van der Waals surface area contributed by atoms with Crippen LogP contribution in [0.5, 0.6) is 0 Å². The molecule has 0 aliphatic heterocycles. The lowest BCUT2D eigenvalue weighted by Crippen LogP contribution is -2.60. The summed E-state index contributed by atoms with van der Waals surface area (Å²) in [7, 11) is 0. The van der Waals surface area contributed by atoms with Crippen LogP contribution in [0.2, 0.25) is 0 Å². The number of esters is 4. The molecule has 3 aliphatic carbocycles. The van der Waals surface area contributed by atoms with Crippen molar-refractivity contribution in [1.29, 1.82) is 0 Å². The van der Waals surface area contributed by atoms with Gasteiger partial charge in [0.25, 0.3) is 0 Å². The molecule has 0 spiro atoms. The summed E-state index contributed by atoms with van der Waals surface area (Å²) in [5.41, 5.74) is 1.53. The van der Waals surface area contributed by atoms with Gasteiger partial charge in [0.2, 0.25) is 0 Å². The quantitative estimate of drug-likeness (QED) is 0.230. The first-order valence-electron chi connectivity index (χ1n) is 14.2. The van der Waals surface area contributed by atoms with Crippen LogP contribution in [0.4, 0.5) is 0 Å². The van der Waals surface area contributed by atoms with Crippen molar-refractivity contribution in [3.63, 3.8) is 0 Å². The van der Waals surface area contributed by atoms with Crippen LogP contribution in [0.25, 0.3) is 0 Å². The molecule has 8 nitrogen and oxygen atoms in total. The van der Waals surface area contributed by atoms with Gasteiger partial charge in [0.15, 0.2) is 0 Å². The van der Waals surface area contributed by atoms with Gasteiger partial charge in [-0.3, -0.25) is 19.2 Å². The fraction of sp³-hybridized carbons (Fsp3) is 0.742. The Hall–Kier alpha value is -2.64. The lowest BCUT2D eigenvalue weighted by molar-refractivity contribution is -0.186. The van der Waals surface area contributed by atoms with Crippen molar-refractivity contribution >= 4 is 23.9 Å². The fourth-order valence-corrected chi connectivity index (χ4v) is 7.70. The van der Waals surface area contributed by atoms with E-state index in [1.165, 1.54) is 20.8 Å². The van der Waals surface area contributed by atoms with Crippen LogP contribution in [0.1, 0.15) is 100 Å². The van der Waals surface area contributed by atoms with E-state index in [1.54, 1.807) is 0 Å². The second-order valence-electron chi connectivity index (χ2n) is 12.5. The van der Waals surface area contributed by atoms with E-state index in [2.05, 4.69) is 13.5 Å². The highest BCUT2D eigenvalue weighted by Gasteiger charge is 2.61. The van der Waals surface area contributed by atoms with Gasteiger partial charge in [-0.15, -0.1) is 0 Å². The monoisotopic (exact) mass is 546 g/mol. The molecule has 0 heterocycles. The number of ether oxygens (including phenoxy) is 4. The zero-order valence-corrected chi connectivity index (χ0v) is 24.9. The summed E-state index contributed by atoms with van der Waals surface area (Å²) in [6, 6.07) is 0. The van der Waals surface area contributed by atoms with Gasteiger partial charge in [0.05, 0.1) is 0 Å². The topological polar surface area (TPSA) is 105 Å². The SMILES string of the molecule is C=C1[C@@H](OC(C)=O)CC[C@@]2(C)C[C@H](OC(C)=O)C3=C(C)C[C@H](OC(=O)CCCC)[C@@H]([C@@H](OC(C)=O)[C@H]12)C3(C)C. The molecule has 2 bridgehead atoms. The average molecular weight is 547 g/mol. The molecule has 3 aliphatic rings. The molecule has 0 N–H and O–H groups in total. The maximum absolute atomic E-state index is 12.9. The summed E-state index contributed by atoms with van der Waals surface area (Å²) in [6.07, 6.45) is 1.78. The number of carbonyl (C=O) groups excluding carboxylic acids is 4. The third-order valence-corrected chi connectivity index (χ3v) is 9.03. The molecular weight excluding hydrogens is 500 g/mol. The highest BCUT2D eigenvalue weighted by molar-refractivity contribution is 5.70. The standard InChI is InChI=1S/C31H46O8/c1-10-11-12-25(35)39-23-15-17(2)26-24(37-20(5)33)16-31(9)14-13-22(36-19(4)32)18(3)27(31)29(38-21(6)34)28(23)30(26,7)8/h22-24,27-29H,3,10-16H2,1-2,4-9H3/t22-,23-,24-,27-,28-,29-,31-/m0/s1. The Bertz CT molecular complexity index is 1040. The fourth-order valence-electron chi connectivity index (χ4n) is 7.70. The predicted molar refractivity (Wildman–Crippen MR) is 145 cm³/mol. The van der Waals surface area contributed by atoms with Crippen LogP contribution >= 0.6 is 0 Å². The molecule has 0 amide bonds. The van der Waals surface area contributed by atoms with Crippen molar-refractivity contribution in [2.45, 2.75) is 125 Å². The maximum Gasteiger partial charge on any atom is 0.306 e. The van der Waals surface area contributed by atoms with E-state index >= 15 is 0 Å². The van der Waals surface area contributed by atoms with E-state index in [0.29, 0.717) is 37.7 Å². The van der Waals surface area contributed by atoms with Gasteiger partial charge in [0, 0.05) is 45.4 Å². The van der Waals surface area contributed by atoms with Crippen LogP contribution < -0.4 is 0 Å². The first-order chi connectivity index (χ1) is 18.1. The molecule has 0 saturated heterocycles. The second kappa shape index (κ2) is 11.8. The number of hydrogen-bond acceptors (Lipinski definition) is 8. The first kappa shape index (κ1) is 30.9. The van der Waals surface area contributed by atoms with Gasteiger partial charge < -0.3 is 18.9 Å². The van der Waals surface area contributed by atoms with Crippen LogP contribution in [0.15, 0.2) is 23.3 Å². The highest BCUT2D eigenvalue weighted by Crippen LogP contribution is 2.60. The number of carbonyl (C=O) groups is 4. The molecule has 3 rings (SSSR count). The van der Waals surface area contributed by atoms with E-state index in [0.717, 1.165) is 24.0 Å². The van der Waals surface area contributed by atoms with Crippen LogP contribution in [0.3, 0.4) is 0 Å². The van der Waals surface area contributed by atoms with Crippen molar-refractivity contribution in [3.8, 4) is 0 Å². The molecule has 0 aromatic heterocycles. The number of unbranched alkanes of at least 4 members (excludes halogenated alkanes) is 1. The van der Waals surface area contributed by atoms with Crippen LogP contribution in [-0.2, 0) is 38.1 Å². The molecule has 0 aromatic carbocycles. The third-order valence-electron chi connectivity index (χ3n) is 9.03. The molecule has 39 heavy (non-hydrogen) atoms.